The van der Waals surface area contributed by atoms with Crippen LogP contribution in [0.1, 0.15) is 17.5 Å². The lowest BCUT2D eigenvalue weighted by molar-refractivity contribution is -0.121. The first-order valence-corrected chi connectivity index (χ1v) is 9.12. The van der Waals surface area contributed by atoms with Crippen LogP contribution in [0.15, 0.2) is 40.9 Å². The quantitative estimate of drug-likeness (QED) is 0.680. The molecule has 2 rings (SSSR count). The molecule has 0 aliphatic heterocycles. The molecule has 0 aromatic heterocycles. The lowest BCUT2D eigenvalue weighted by atomic mass is 10.1. The molecule has 0 heterocycles. The zero-order chi connectivity index (χ0) is 18.2. The van der Waals surface area contributed by atoms with E-state index in [0.29, 0.717) is 42.3 Å². The Hall–Kier alpha value is -1.72. The van der Waals surface area contributed by atoms with Crippen LogP contribution in [0.5, 0.6) is 11.5 Å². The zero-order valence-electron chi connectivity index (χ0n) is 14.3. The smallest absolute Gasteiger partial charge is 0.220 e. The highest BCUT2D eigenvalue weighted by atomic mass is 79.9. The third-order valence-electron chi connectivity index (χ3n) is 3.85. The summed E-state index contributed by atoms with van der Waals surface area (Å²) in [5, 5.41) is 3.64. The van der Waals surface area contributed by atoms with Crippen molar-refractivity contribution in [3.63, 3.8) is 0 Å². The molecular formula is C19H21BrClNO3. The number of benzene rings is 2. The number of methoxy groups -OCH3 is 2. The molecule has 0 saturated carbocycles. The van der Waals surface area contributed by atoms with Gasteiger partial charge in [-0.1, -0.05) is 45.7 Å². The highest BCUT2D eigenvalue weighted by Gasteiger charge is 2.10. The molecule has 2 aromatic rings. The summed E-state index contributed by atoms with van der Waals surface area (Å²) >= 11 is 9.63. The van der Waals surface area contributed by atoms with E-state index in [-0.39, 0.29) is 5.91 Å². The number of rotatable bonds is 8. The van der Waals surface area contributed by atoms with Crippen LogP contribution in [0, 0.1) is 0 Å². The third-order valence-corrected chi connectivity index (χ3v) is 4.96. The van der Waals surface area contributed by atoms with Crippen LogP contribution in [0.25, 0.3) is 0 Å². The molecule has 0 saturated heterocycles. The Labute approximate surface area is 161 Å². The van der Waals surface area contributed by atoms with Crippen LogP contribution in [-0.2, 0) is 17.6 Å². The molecule has 0 atom stereocenters. The first-order chi connectivity index (χ1) is 12.0. The molecule has 0 radical (unpaired) electrons. The summed E-state index contributed by atoms with van der Waals surface area (Å²) in [5.74, 6) is 1.35. The van der Waals surface area contributed by atoms with Gasteiger partial charge in [-0.15, -0.1) is 0 Å². The molecule has 25 heavy (non-hydrogen) atoms. The van der Waals surface area contributed by atoms with Gasteiger partial charge in [0.25, 0.3) is 0 Å². The molecule has 0 fully saturated rings. The van der Waals surface area contributed by atoms with Gasteiger partial charge in [-0.3, -0.25) is 4.79 Å². The Morgan fingerprint density at radius 1 is 1.08 bits per heavy atom. The second kappa shape index (κ2) is 9.68. The van der Waals surface area contributed by atoms with E-state index in [1.807, 2.05) is 36.4 Å². The topological polar surface area (TPSA) is 47.6 Å². The van der Waals surface area contributed by atoms with Crippen molar-refractivity contribution < 1.29 is 14.3 Å². The first-order valence-electron chi connectivity index (χ1n) is 7.95. The molecule has 134 valence electrons. The van der Waals surface area contributed by atoms with E-state index in [1.54, 1.807) is 14.2 Å². The highest BCUT2D eigenvalue weighted by Crippen LogP contribution is 2.33. The molecule has 0 aliphatic carbocycles. The number of halogens is 2. The van der Waals surface area contributed by atoms with Gasteiger partial charge >= 0.3 is 0 Å². The average molecular weight is 427 g/mol. The molecule has 0 aliphatic rings. The fourth-order valence-corrected chi connectivity index (χ4v) is 3.21. The number of ether oxygens (including phenoxy) is 2. The second-order valence-electron chi connectivity index (χ2n) is 5.49. The van der Waals surface area contributed by atoms with Crippen molar-refractivity contribution in [2.45, 2.75) is 19.3 Å². The maximum absolute atomic E-state index is 12.0. The van der Waals surface area contributed by atoms with Gasteiger partial charge in [0, 0.05) is 22.5 Å². The summed E-state index contributed by atoms with van der Waals surface area (Å²) in [6.45, 7) is 0.551. The fourth-order valence-electron chi connectivity index (χ4n) is 2.46. The summed E-state index contributed by atoms with van der Waals surface area (Å²) in [7, 11) is 3.20. The number of hydrogen-bond donors (Lipinski definition) is 1. The van der Waals surface area contributed by atoms with Crippen LogP contribution < -0.4 is 14.8 Å². The van der Waals surface area contributed by atoms with E-state index in [4.69, 9.17) is 21.1 Å². The summed E-state index contributed by atoms with van der Waals surface area (Å²) in [5.41, 5.74) is 2.03. The minimum absolute atomic E-state index is 0.0107. The number of nitrogens with one attached hydrogen (secondary N) is 1. The van der Waals surface area contributed by atoms with Gasteiger partial charge in [0.2, 0.25) is 5.91 Å². The molecule has 0 bridgehead atoms. The molecule has 2 aromatic carbocycles. The minimum atomic E-state index is 0.0107. The van der Waals surface area contributed by atoms with Crippen LogP contribution in [0.4, 0.5) is 0 Å². The Morgan fingerprint density at radius 3 is 2.44 bits per heavy atom. The molecule has 0 unspecified atom stereocenters. The predicted molar refractivity (Wildman–Crippen MR) is 104 cm³/mol. The van der Waals surface area contributed by atoms with Gasteiger partial charge in [0.1, 0.15) is 0 Å². The molecule has 4 nitrogen and oxygen atoms in total. The fraction of sp³-hybridized carbons (Fsp3) is 0.316. The number of carbonyl (C=O) groups is 1. The molecular weight excluding hydrogens is 406 g/mol. The monoisotopic (exact) mass is 425 g/mol. The lowest BCUT2D eigenvalue weighted by Crippen LogP contribution is -2.26. The van der Waals surface area contributed by atoms with Crippen molar-refractivity contribution in [1.29, 1.82) is 0 Å². The van der Waals surface area contributed by atoms with E-state index in [9.17, 15) is 4.79 Å². The maximum atomic E-state index is 12.0. The Kier molecular flexibility index (Phi) is 7.59. The van der Waals surface area contributed by atoms with Crippen molar-refractivity contribution in [3.8, 4) is 11.5 Å². The Bertz CT molecular complexity index is 737. The number of carbonyl (C=O) groups excluding carboxylic acids is 1. The van der Waals surface area contributed by atoms with E-state index in [1.165, 1.54) is 0 Å². The van der Waals surface area contributed by atoms with Crippen LogP contribution in [0.3, 0.4) is 0 Å². The van der Waals surface area contributed by atoms with E-state index < -0.39 is 0 Å². The normalized spacial score (nSPS) is 10.4. The molecule has 1 amide bonds. The number of aryl methyl sites for hydroxylation is 1. The van der Waals surface area contributed by atoms with Gasteiger partial charge in [0.05, 0.1) is 14.2 Å². The van der Waals surface area contributed by atoms with Gasteiger partial charge in [0.15, 0.2) is 11.5 Å². The van der Waals surface area contributed by atoms with Crippen molar-refractivity contribution in [1.82, 2.24) is 5.32 Å². The van der Waals surface area contributed by atoms with Gasteiger partial charge in [-0.25, -0.2) is 0 Å². The van der Waals surface area contributed by atoms with E-state index in [2.05, 4.69) is 21.2 Å². The summed E-state index contributed by atoms with van der Waals surface area (Å²) in [6.07, 6.45) is 1.74. The lowest BCUT2D eigenvalue weighted by Gasteiger charge is -2.12. The standard InChI is InChI=1S/C19H21BrClNO3/c1-24-17-11-14(15(20)12-18(17)25-2)9-10-22-19(23)8-7-13-5-3-4-6-16(13)21/h3-6,11-12H,7-10H2,1-2H3,(H,22,23). The Balaban J connectivity index is 1.84. The zero-order valence-corrected chi connectivity index (χ0v) is 16.6. The van der Waals surface area contributed by atoms with E-state index in [0.717, 1.165) is 15.6 Å². The first kappa shape index (κ1) is 19.6. The summed E-state index contributed by atoms with van der Waals surface area (Å²) in [6, 6.07) is 11.4. The summed E-state index contributed by atoms with van der Waals surface area (Å²) < 4.78 is 11.5. The van der Waals surface area contributed by atoms with Crippen LogP contribution in [-0.4, -0.2) is 26.7 Å². The predicted octanol–water partition coefficient (Wildman–Crippen LogP) is 4.41. The van der Waals surface area contributed by atoms with Crippen molar-refractivity contribution in [2.75, 3.05) is 20.8 Å². The van der Waals surface area contributed by atoms with E-state index >= 15 is 0 Å². The van der Waals surface area contributed by atoms with Crippen molar-refractivity contribution in [3.05, 3.63) is 57.0 Å². The minimum Gasteiger partial charge on any atom is -0.493 e. The Morgan fingerprint density at radius 2 is 1.76 bits per heavy atom. The maximum Gasteiger partial charge on any atom is 0.220 e. The van der Waals surface area contributed by atoms with Crippen LogP contribution >= 0.6 is 27.5 Å². The second-order valence-corrected chi connectivity index (χ2v) is 6.75. The molecule has 1 N–H and O–H groups in total. The van der Waals surface area contributed by atoms with Gasteiger partial charge < -0.3 is 14.8 Å². The summed E-state index contributed by atoms with van der Waals surface area (Å²) in [4.78, 5) is 12.0. The third kappa shape index (κ3) is 5.65. The van der Waals surface area contributed by atoms with Crippen LogP contribution in [0.2, 0.25) is 5.02 Å². The largest absolute Gasteiger partial charge is 0.493 e. The van der Waals surface area contributed by atoms with Gasteiger partial charge in [-0.2, -0.15) is 0 Å². The van der Waals surface area contributed by atoms with Crippen molar-refractivity contribution in [2.24, 2.45) is 0 Å². The number of amides is 1. The molecule has 0 spiro atoms. The average Bonchev–Trinajstić information content (AvgIpc) is 2.62. The highest BCUT2D eigenvalue weighted by molar-refractivity contribution is 9.10. The number of hydrogen-bond acceptors (Lipinski definition) is 3. The molecule has 6 heteroatoms. The van der Waals surface area contributed by atoms with Crippen molar-refractivity contribution >= 4 is 33.4 Å². The SMILES string of the molecule is COc1cc(Br)c(CCNC(=O)CCc2ccccc2Cl)cc1OC. The van der Waals surface area contributed by atoms with Gasteiger partial charge in [-0.05, 0) is 42.2 Å².